The van der Waals surface area contributed by atoms with Crippen molar-refractivity contribution in [2.24, 2.45) is 0 Å². The molecule has 0 fully saturated rings. The molecular weight excluding hydrogens is 178 g/mol. The summed E-state index contributed by atoms with van der Waals surface area (Å²) in [6.07, 6.45) is 3.16. The Labute approximate surface area is 83.2 Å². The van der Waals surface area contributed by atoms with Crippen LogP contribution in [0.15, 0.2) is 24.8 Å². The van der Waals surface area contributed by atoms with Gasteiger partial charge in [-0.25, -0.2) is 0 Å². The van der Waals surface area contributed by atoms with Gasteiger partial charge in [0.1, 0.15) is 0 Å². The number of nitro groups is 1. The third-order valence-electron chi connectivity index (χ3n) is 2.07. The Kier molecular flexibility index (Phi) is 3.40. The SMILES string of the molecule is C=Cc1cccc(CCC)c1[N+](=O)[O-]. The lowest BCUT2D eigenvalue weighted by Crippen LogP contribution is -1.97. The summed E-state index contributed by atoms with van der Waals surface area (Å²) in [6, 6.07) is 5.34. The molecule has 14 heavy (non-hydrogen) atoms. The molecule has 0 bridgehead atoms. The summed E-state index contributed by atoms with van der Waals surface area (Å²) in [5, 5.41) is 10.8. The first-order valence-electron chi connectivity index (χ1n) is 4.59. The van der Waals surface area contributed by atoms with Crippen LogP contribution in [-0.4, -0.2) is 4.92 Å². The van der Waals surface area contributed by atoms with E-state index in [9.17, 15) is 10.1 Å². The van der Waals surface area contributed by atoms with Crippen LogP contribution < -0.4 is 0 Å². The van der Waals surface area contributed by atoms with Crippen LogP contribution in [0.25, 0.3) is 6.08 Å². The first kappa shape index (κ1) is 10.4. The maximum absolute atomic E-state index is 10.8. The molecule has 3 heteroatoms. The van der Waals surface area contributed by atoms with Crippen LogP contribution in [0.1, 0.15) is 24.5 Å². The van der Waals surface area contributed by atoms with E-state index in [-0.39, 0.29) is 10.6 Å². The van der Waals surface area contributed by atoms with Gasteiger partial charge in [0.15, 0.2) is 0 Å². The van der Waals surface area contributed by atoms with Gasteiger partial charge in [0, 0.05) is 5.56 Å². The van der Waals surface area contributed by atoms with Gasteiger partial charge in [-0.05, 0) is 12.5 Å². The number of rotatable bonds is 4. The molecule has 1 rings (SSSR count). The van der Waals surface area contributed by atoms with Crippen molar-refractivity contribution < 1.29 is 4.92 Å². The smallest absolute Gasteiger partial charge is 0.258 e. The van der Waals surface area contributed by atoms with Gasteiger partial charge in [-0.1, -0.05) is 38.1 Å². The molecular formula is C11H13NO2. The second kappa shape index (κ2) is 4.56. The van der Waals surface area contributed by atoms with Gasteiger partial charge in [0.05, 0.1) is 10.5 Å². The molecule has 0 heterocycles. The molecule has 0 aliphatic carbocycles. The zero-order chi connectivity index (χ0) is 10.6. The monoisotopic (exact) mass is 191 g/mol. The molecule has 0 aliphatic rings. The van der Waals surface area contributed by atoms with Crippen LogP contribution in [0.4, 0.5) is 5.69 Å². The lowest BCUT2D eigenvalue weighted by Gasteiger charge is -2.03. The number of para-hydroxylation sites is 1. The van der Waals surface area contributed by atoms with Gasteiger partial charge in [-0.3, -0.25) is 10.1 Å². The lowest BCUT2D eigenvalue weighted by atomic mass is 10.0. The Bertz CT molecular complexity index is 358. The van der Waals surface area contributed by atoms with Gasteiger partial charge in [0.2, 0.25) is 0 Å². The number of nitro benzene ring substituents is 1. The minimum absolute atomic E-state index is 0.198. The van der Waals surface area contributed by atoms with E-state index in [1.54, 1.807) is 12.1 Å². The van der Waals surface area contributed by atoms with Gasteiger partial charge in [0.25, 0.3) is 5.69 Å². The second-order valence-corrected chi connectivity index (χ2v) is 3.07. The van der Waals surface area contributed by atoms with E-state index >= 15 is 0 Å². The highest BCUT2D eigenvalue weighted by atomic mass is 16.6. The van der Waals surface area contributed by atoms with Gasteiger partial charge in [-0.2, -0.15) is 0 Å². The van der Waals surface area contributed by atoms with Crippen LogP contribution in [-0.2, 0) is 6.42 Å². The highest BCUT2D eigenvalue weighted by Crippen LogP contribution is 2.25. The number of hydrogen-bond acceptors (Lipinski definition) is 2. The van der Waals surface area contributed by atoms with E-state index in [2.05, 4.69) is 6.58 Å². The summed E-state index contributed by atoms with van der Waals surface area (Å²) in [5.74, 6) is 0. The first-order valence-corrected chi connectivity index (χ1v) is 4.59. The van der Waals surface area contributed by atoms with E-state index in [4.69, 9.17) is 0 Å². The molecule has 0 aliphatic heterocycles. The fraction of sp³-hybridized carbons (Fsp3) is 0.273. The average molecular weight is 191 g/mol. The summed E-state index contributed by atoms with van der Waals surface area (Å²) < 4.78 is 0. The van der Waals surface area contributed by atoms with Crippen molar-refractivity contribution >= 4 is 11.8 Å². The Morgan fingerprint density at radius 3 is 2.79 bits per heavy atom. The third kappa shape index (κ3) is 1.99. The molecule has 0 aromatic heterocycles. The van der Waals surface area contributed by atoms with Crippen LogP contribution in [0.2, 0.25) is 0 Å². The van der Waals surface area contributed by atoms with Crippen molar-refractivity contribution in [2.75, 3.05) is 0 Å². The van der Waals surface area contributed by atoms with E-state index in [1.165, 1.54) is 6.08 Å². The number of hydrogen-bond donors (Lipinski definition) is 0. The van der Waals surface area contributed by atoms with E-state index in [0.29, 0.717) is 5.56 Å². The highest BCUT2D eigenvalue weighted by molar-refractivity contribution is 5.62. The van der Waals surface area contributed by atoms with E-state index in [1.807, 2.05) is 13.0 Å². The fourth-order valence-electron chi connectivity index (χ4n) is 1.47. The van der Waals surface area contributed by atoms with Crippen LogP contribution in [0.5, 0.6) is 0 Å². The van der Waals surface area contributed by atoms with Crippen LogP contribution in [0, 0.1) is 10.1 Å². The molecule has 74 valence electrons. The third-order valence-corrected chi connectivity index (χ3v) is 2.07. The largest absolute Gasteiger partial charge is 0.279 e. The highest BCUT2D eigenvalue weighted by Gasteiger charge is 2.16. The maximum Gasteiger partial charge on any atom is 0.279 e. The van der Waals surface area contributed by atoms with Gasteiger partial charge in [-0.15, -0.1) is 0 Å². The standard InChI is InChI=1S/C11H13NO2/c1-3-6-10-8-5-7-9(4-2)11(10)12(13)14/h4-5,7-8H,2-3,6H2,1H3. The molecule has 0 saturated carbocycles. The van der Waals surface area contributed by atoms with Gasteiger partial charge < -0.3 is 0 Å². The van der Waals surface area contributed by atoms with Crippen molar-refractivity contribution in [1.82, 2.24) is 0 Å². The lowest BCUT2D eigenvalue weighted by molar-refractivity contribution is -0.385. The molecule has 0 radical (unpaired) electrons. The van der Waals surface area contributed by atoms with Crippen molar-refractivity contribution in [1.29, 1.82) is 0 Å². The van der Waals surface area contributed by atoms with Gasteiger partial charge >= 0.3 is 0 Å². The number of nitrogens with zero attached hydrogens (tertiary/aromatic N) is 1. The molecule has 0 saturated heterocycles. The zero-order valence-corrected chi connectivity index (χ0v) is 8.19. The van der Waals surface area contributed by atoms with Crippen LogP contribution >= 0.6 is 0 Å². The molecule has 0 spiro atoms. The Hall–Kier alpha value is -1.64. The maximum atomic E-state index is 10.8. The topological polar surface area (TPSA) is 43.1 Å². The Morgan fingerprint density at radius 1 is 1.57 bits per heavy atom. The predicted molar refractivity (Wildman–Crippen MR) is 57.2 cm³/mol. The summed E-state index contributed by atoms with van der Waals surface area (Å²) in [6.45, 7) is 5.58. The van der Waals surface area contributed by atoms with E-state index < -0.39 is 0 Å². The van der Waals surface area contributed by atoms with Crippen molar-refractivity contribution in [3.05, 3.63) is 46.0 Å². The molecule has 0 atom stereocenters. The molecule has 3 nitrogen and oxygen atoms in total. The second-order valence-electron chi connectivity index (χ2n) is 3.07. The molecule has 0 unspecified atom stereocenters. The first-order chi connectivity index (χ1) is 6.70. The van der Waals surface area contributed by atoms with Crippen molar-refractivity contribution in [2.45, 2.75) is 19.8 Å². The van der Waals surface area contributed by atoms with Crippen LogP contribution in [0.3, 0.4) is 0 Å². The summed E-state index contributed by atoms with van der Waals surface area (Å²) in [4.78, 5) is 10.5. The summed E-state index contributed by atoms with van der Waals surface area (Å²) >= 11 is 0. The molecule has 0 amide bonds. The number of benzene rings is 1. The summed E-state index contributed by atoms with van der Waals surface area (Å²) in [7, 11) is 0. The molecule has 1 aromatic rings. The summed E-state index contributed by atoms with van der Waals surface area (Å²) in [5.41, 5.74) is 1.58. The normalized spacial score (nSPS) is 9.79. The number of aryl methyl sites for hydroxylation is 1. The van der Waals surface area contributed by atoms with Crippen molar-refractivity contribution in [3.8, 4) is 0 Å². The Balaban J connectivity index is 3.27. The minimum Gasteiger partial charge on any atom is -0.258 e. The quantitative estimate of drug-likeness (QED) is 0.541. The van der Waals surface area contributed by atoms with E-state index in [0.717, 1.165) is 18.4 Å². The zero-order valence-electron chi connectivity index (χ0n) is 8.19. The van der Waals surface area contributed by atoms with Crippen molar-refractivity contribution in [3.63, 3.8) is 0 Å². The Morgan fingerprint density at radius 2 is 2.29 bits per heavy atom. The fourth-order valence-corrected chi connectivity index (χ4v) is 1.47. The molecule has 1 aromatic carbocycles. The minimum atomic E-state index is -0.331. The average Bonchev–Trinajstić information content (AvgIpc) is 2.17. The predicted octanol–water partition coefficient (Wildman–Crippen LogP) is 3.19. The molecule has 0 N–H and O–H groups in total.